The average molecular weight is 328 g/mol. The molecule has 23 heavy (non-hydrogen) atoms. The largest absolute Gasteiger partial charge is 0.350 e. The van der Waals surface area contributed by atoms with Crippen LogP contribution in [0.4, 0.5) is 0 Å². The van der Waals surface area contributed by atoms with Gasteiger partial charge in [-0.05, 0) is 44.0 Å². The van der Waals surface area contributed by atoms with E-state index in [9.17, 15) is 4.79 Å². The van der Waals surface area contributed by atoms with Crippen molar-refractivity contribution >= 4 is 17.2 Å². The van der Waals surface area contributed by atoms with Crippen molar-refractivity contribution in [1.29, 1.82) is 0 Å². The lowest BCUT2D eigenvalue weighted by molar-refractivity contribution is -0.128. The number of rotatable bonds is 5. The fourth-order valence-electron chi connectivity index (χ4n) is 3.17. The number of piperidine rings is 1. The number of hydrogen-bond acceptors (Lipinski definition) is 3. The molecule has 0 saturated carbocycles. The van der Waals surface area contributed by atoms with E-state index in [0.717, 1.165) is 25.9 Å². The normalized spacial score (nSPS) is 18.7. The van der Waals surface area contributed by atoms with E-state index in [-0.39, 0.29) is 11.9 Å². The van der Waals surface area contributed by atoms with Crippen LogP contribution in [-0.2, 0) is 17.9 Å². The van der Waals surface area contributed by atoms with Gasteiger partial charge in [-0.25, -0.2) is 0 Å². The van der Waals surface area contributed by atoms with Crippen LogP contribution in [-0.4, -0.2) is 23.4 Å². The molecule has 122 valence electrons. The minimum atomic E-state index is 0.00464. The van der Waals surface area contributed by atoms with Crippen molar-refractivity contribution in [2.24, 2.45) is 0 Å². The van der Waals surface area contributed by atoms with Crippen molar-refractivity contribution in [2.45, 2.75) is 45.3 Å². The Labute approximate surface area is 142 Å². The zero-order valence-electron chi connectivity index (χ0n) is 13.6. The van der Waals surface area contributed by atoms with Crippen molar-refractivity contribution in [3.63, 3.8) is 0 Å². The van der Waals surface area contributed by atoms with Gasteiger partial charge < -0.3 is 5.32 Å². The quantitative estimate of drug-likeness (QED) is 0.907. The molecule has 1 aromatic heterocycles. The van der Waals surface area contributed by atoms with E-state index in [1.165, 1.54) is 21.7 Å². The summed E-state index contributed by atoms with van der Waals surface area (Å²) in [6.07, 6.45) is 3.28. The minimum Gasteiger partial charge on any atom is -0.350 e. The summed E-state index contributed by atoms with van der Waals surface area (Å²) in [5.41, 5.74) is 1.28. The van der Waals surface area contributed by atoms with E-state index in [2.05, 4.69) is 53.5 Å². The molecular weight excluding hydrogens is 304 g/mol. The number of carbonyl (C=O) groups excluding carboxylic acids is 1. The lowest BCUT2D eigenvalue weighted by Crippen LogP contribution is -2.48. The molecule has 3 nitrogen and oxygen atoms in total. The third kappa shape index (κ3) is 4.43. The van der Waals surface area contributed by atoms with Gasteiger partial charge in [0.25, 0.3) is 0 Å². The number of likely N-dealkylation sites (tertiary alicyclic amines) is 1. The Morgan fingerprint density at radius 2 is 2.04 bits per heavy atom. The van der Waals surface area contributed by atoms with Crippen LogP contribution >= 0.6 is 11.3 Å². The summed E-state index contributed by atoms with van der Waals surface area (Å²) in [4.78, 5) is 17.5. The zero-order valence-corrected chi connectivity index (χ0v) is 14.4. The highest BCUT2D eigenvalue weighted by Gasteiger charge is 2.28. The van der Waals surface area contributed by atoms with Crippen LogP contribution in [0.3, 0.4) is 0 Å². The molecule has 1 aliphatic rings. The topological polar surface area (TPSA) is 32.3 Å². The van der Waals surface area contributed by atoms with Gasteiger partial charge in [-0.1, -0.05) is 36.8 Å². The Hall–Kier alpha value is -1.65. The molecule has 0 radical (unpaired) electrons. The maximum Gasteiger partial charge on any atom is 0.237 e. The molecule has 1 saturated heterocycles. The second-order valence-corrected chi connectivity index (χ2v) is 7.57. The highest BCUT2D eigenvalue weighted by atomic mass is 32.1. The van der Waals surface area contributed by atoms with Gasteiger partial charge >= 0.3 is 0 Å². The highest BCUT2D eigenvalue weighted by molar-refractivity contribution is 7.11. The molecule has 2 heterocycles. The number of nitrogens with one attached hydrogen (secondary N) is 1. The lowest BCUT2D eigenvalue weighted by atomic mass is 10.0. The highest BCUT2D eigenvalue weighted by Crippen LogP contribution is 2.20. The van der Waals surface area contributed by atoms with Crippen LogP contribution < -0.4 is 5.32 Å². The maximum absolute atomic E-state index is 12.6. The Kier molecular flexibility index (Phi) is 5.47. The van der Waals surface area contributed by atoms with Crippen LogP contribution in [0.15, 0.2) is 42.5 Å². The van der Waals surface area contributed by atoms with Crippen molar-refractivity contribution in [2.75, 3.05) is 6.54 Å². The summed E-state index contributed by atoms with van der Waals surface area (Å²) in [6, 6.07) is 14.6. The Morgan fingerprint density at radius 1 is 1.22 bits per heavy atom. The smallest absolute Gasteiger partial charge is 0.237 e. The predicted molar refractivity (Wildman–Crippen MR) is 95.4 cm³/mol. The monoisotopic (exact) mass is 328 g/mol. The molecule has 1 aliphatic heterocycles. The molecule has 2 aromatic rings. The summed E-state index contributed by atoms with van der Waals surface area (Å²) < 4.78 is 0. The Bertz CT molecular complexity index is 638. The van der Waals surface area contributed by atoms with Crippen molar-refractivity contribution in [3.05, 3.63) is 57.8 Å². The summed E-state index contributed by atoms with van der Waals surface area (Å²) in [5, 5.41) is 3.13. The van der Waals surface area contributed by atoms with E-state index in [1.54, 1.807) is 11.3 Å². The third-order valence-corrected chi connectivity index (χ3v) is 5.38. The van der Waals surface area contributed by atoms with Crippen molar-refractivity contribution < 1.29 is 4.79 Å². The third-order valence-electron chi connectivity index (χ3n) is 4.38. The van der Waals surface area contributed by atoms with Gasteiger partial charge in [0.05, 0.1) is 12.6 Å². The molecule has 1 aromatic carbocycles. The number of carbonyl (C=O) groups is 1. The van der Waals surface area contributed by atoms with Crippen LogP contribution in [0.5, 0.6) is 0 Å². The lowest BCUT2D eigenvalue weighted by Gasteiger charge is -2.34. The van der Waals surface area contributed by atoms with Crippen molar-refractivity contribution in [3.8, 4) is 0 Å². The maximum atomic E-state index is 12.6. The predicted octanol–water partition coefficient (Wildman–Crippen LogP) is 3.73. The molecular formula is C19H24N2OS. The molecule has 1 fully saturated rings. The van der Waals surface area contributed by atoms with E-state index < -0.39 is 0 Å². The number of aryl methyl sites for hydroxylation is 1. The fourth-order valence-corrected chi connectivity index (χ4v) is 4.00. The van der Waals surface area contributed by atoms with Gasteiger partial charge in [0.2, 0.25) is 5.91 Å². The van der Waals surface area contributed by atoms with Gasteiger partial charge in [-0.2, -0.15) is 0 Å². The summed E-state index contributed by atoms with van der Waals surface area (Å²) in [5.74, 6) is 0.173. The van der Waals surface area contributed by atoms with Crippen LogP contribution in [0, 0.1) is 6.92 Å². The molecule has 1 amide bonds. The summed E-state index contributed by atoms with van der Waals surface area (Å²) >= 11 is 1.75. The zero-order chi connectivity index (χ0) is 16.1. The van der Waals surface area contributed by atoms with Crippen molar-refractivity contribution in [1.82, 2.24) is 10.2 Å². The minimum absolute atomic E-state index is 0.00464. The molecule has 4 heteroatoms. The SMILES string of the molecule is Cc1ccc(CNC(=O)C2CCCCN2Cc2ccccc2)s1. The van der Waals surface area contributed by atoms with E-state index in [0.29, 0.717) is 6.54 Å². The Morgan fingerprint density at radius 3 is 2.78 bits per heavy atom. The summed E-state index contributed by atoms with van der Waals surface area (Å²) in [7, 11) is 0. The molecule has 1 N–H and O–H groups in total. The Balaban J connectivity index is 1.59. The van der Waals surface area contributed by atoms with Gasteiger partial charge in [-0.15, -0.1) is 11.3 Å². The molecule has 1 atom stereocenters. The van der Waals surface area contributed by atoms with Crippen LogP contribution in [0.25, 0.3) is 0 Å². The molecule has 0 spiro atoms. The van der Waals surface area contributed by atoms with Gasteiger partial charge in [0.1, 0.15) is 0 Å². The molecule has 3 rings (SSSR count). The number of amides is 1. The fraction of sp³-hybridized carbons (Fsp3) is 0.421. The number of thiophene rings is 1. The van der Waals surface area contributed by atoms with Crippen LogP contribution in [0.2, 0.25) is 0 Å². The van der Waals surface area contributed by atoms with Gasteiger partial charge in [-0.3, -0.25) is 9.69 Å². The van der Waals surface area contributed by atoms with E-state index >= 15 is 0 Å². The number of benzene rings is 1. The first-order chi connectivity index (χ1) is 11.2. The second kappa shape index (κ2) is 7.75. The molecule has 1 unspecified atom stereocenters. The number of nitrogens with zero attached hydrogens (tertiary/aromatic N) is 1. The van der Waals surface area contributed by atoms with E-state index in [1.807, 2.05) is 6.07 Å². The first-order valence-corrected chi connectivity index (χ1v) is 9.15. The average Bonchev–Trinajstić information content (AvgIpc) is 3.00. The molecule has 0 aliphatic carbocycles. The number of hydrogen-bond donors (Lipinski definition) is 1. The van der Waals surface area contributed by atoms with Crippen LogP contribution in [0.1, 0.15) is 34.6 Å². The first kappa shape index (κ1) is 16.2. The summed E-state index contributed by atoms with van der Waals surface area (Å²) in [6.45, 7) is 4.61. The molecule has 0 bridgehead atoms. The standard InChI is InChI=1S/C19H24N2OS/c1-15-10-11-17(23-15)13-20-19(22)18-9-5-6-12-21(18)14-16-7-3-2-4-8-16/h2-4,7-8,10-11,18H,5-6,9,12-14H2,1H3,(H,20,22). The first-order valence-electron chi connectivity index (χ1n) is 8.33. The van der Waals surface area contributed by atoms with Gasteiger partial charge in [0.15, 0.2) is 0 Å². The van der Waals surface area contributed by atoms with E-state index in [4.69, 9.17) is 0 Å². The second-order valence-electron chi connectivity index (χ2n) is 6.20. The van der Waals surface area contributed by atoms with Gasteiger partial charge in [0, 0.05) is 16.3 Å².